The van der Waals surface area contributed by atoms with Crippen LogP contribution in [0, 0.1) is 0 Å². The highest BCUT2D eigenvalue weighted by atomic mass is 16.6. The Bertz CT molecular complexity index is 888. The van der Waals surface area contributed by atoms with Crippen LogP contribution in [0.3, 0.4) is 0 Å². The molecule has 0 spiro atoms. The summed E-state index contributed by atoms with van der Waals surface area (Å²) in [5.74, 6) is -1.15. The first kappa shape index (κ1) is 20.8. The molecule has 7 nitrogen and oxygen atoms in total. The normalized spacial score (nSPS) is 11.2. The topological polar surface area (TPSA) is 98.8 Å². The van der Waals surface area contributed by atoms with Crippen molar-refractivity contribution in [1.29, 1.82) is 0 Å². The highest BCUT2D eigenvalue weighted by Crippen LogP contribution is 2.16. The number of anilines is 1. The Balaban J connectivity index is 1.87. The second kappa shape index (κ2) is 9.45. The van der Waals surface area contributed by atoms with Crippen LogP contribution in [0.15, 0.2) is 48.5 Å². The molecule has 0 unspecified atom stereocenters. The van der Waals surface area contributed by atoms with Gasteiger partial charge >= 0.3 is 5.97 Å². The molecule has 0 bridgehead atoms. The zero-order chi connectivity index (χ0) is 20.7. The largest absolute Gasteiger partial charge is 0.482 e. The Labute approximate surface area is 162 Å². The van der Waals surface area contributed by atoms with Crippen LogP contribution in [0.1, 0.15) is 41.5 Å². The van der Waals surface area contributed by atoms with Crippen molar-refractivity contribution in [3.05, 3.63) is 59.7 Å². The van der Waals surface area contributed by atoms with Gasteiger partial charge in [-0.05, 0) is 57.2 Å². The number of ether oxygens (including phenoxy) is 2. The number of carbonyl (C=O) groups excluding carboxylic acids is 4. The number of esters is 1. The summed E-state index contributed by atoms with van der Waals surface area (Å²) in [6, 6.07) is 12.9. The minimum Gasteiger partial charge on any atom is -0.482 e. The molecule has 2 aromatic carbocycles. The van der Waals surface area contributed by atoms with Crippen molar-refractivity contribution in [3.63, 3.8) is 0 Å². The van der Waals surface area contributed by atoms with E-state index in [0.717, 1.165) is 0 Å². The molecule has 0 aromatic heterocycles. The quantitative estimate of drug-likeness (QED) is 0.556. The van der Waals surface area contributed by atoms with Gasteiger partial charge in [-0.2, -0.15) is 0 Å². The molecule has 0 saturated heterocycles. The predicted molar refractivity (Wildman–Crippen MR) is 103 cm³/mol. The van der Waals surface area contributed by atoms with E-state index in [9.17, 15) is 19.2 Å². The number of para-hydroxylation sites is 1. The van der Waals surface area contributed by atoms with Crippen molar-refractivity contribution in [2.24, 2.45) is 0 Å². The number of nitrogens with one attached hydrogen (secondary N) is 1. The van der Waals surface area contributed by atoms with Crippen LogP contribution in [0.5, 0.6) is 5.75 Å². The molecule has 0 saturated carbocycles. The van der Waals surface area contributed by atoms with Gasteiger partial charge in [0.15, 0.2) is 24.3 Å². The number of amides is 1. The summed E-state index contributed by atoms with van der Waals surface area (Å²) in [6.07, 6.45) is -1.07. The first-order valence-electron chi connectivity index (χ1n) is 8.62. The number of ketones is 2. The zero-order valence-corrected chi connectivity index (χ0v) is 15.9. The number of benzene rings is 2. The molecular formula is C21H21NO6. The summed E-state index contributed by atoms with van der Waals surface area (Å²) in [7, 11) is 0. The lowest BCUT2D eigenvalue weighted by atomic mass is 10.1. The lowest BCUT2D eigenvalue weighted by Crippen LogP contribution is -2.32. The molecular weight excluding hydrogens is 362 g/mol. The minimum atomic E-state index is -1.07. The van der Waals surface area contributed by atoms with Crippen molar-refractivity contribution in [2.45, 2.75) is 26.9 Å². The number of hydrogen-bond donors (Lipinski definition) is 1. The van der Waals surface area contributed by atoms with Crippen molar-refractivity contribution in [1.82, 2.24) is 0 Å². The fourth-order valence-electron chi connectivity index (χ4n) is 2.35. The number of carbonyl (C=O) groups is 4. The second-order valence-electron chi connectivity index (χ2n) is 6.09. The van der Waals surface area contributed by atoms with E-state index in [1.54, 1.807) is 48.5 Å². The molecule has 2 aromatic rings. The maximum Gasteiger partial charge on any atom is 0.344 e. The van der Waals surface area contributed by atoms with Gasteiger partial charge in [0, 0.05) is 11.1 Å². The van der Waals surface area contributed by atoms with Crippen LogP contribution in [-0.4, -0.2) is 36.2 Å². The van der Waals surface area contributed by atoms with Gasteiger partial charge in [-0.3, -0.25) is 14.4 Å². The minimum absolute atomic E-state index is 0.0721. The first-order valence-corrected chi connectivity index (χ1v) is 8.62. The van der Waals surface area contributed by atoms with Gasteiger partial charge in [-0.15, -0.1) is 0 Å². The van der Waals surface area contributed by atoms with E-state index < -0.39 is 18.0 Å². The maximum atomic E-state index is 12.2. The summed E-state index contributed by atoms with van der Waals surface area (Å²) in [5.41, 5.74) is 1.25. The Morgan fingerprint density at radius 2 is 1.57 bits per heavy atom. The van der Waals surface area contributed by atoms with Crippen molar-refractivity contribution >= 4 is 29.1 Å². The summed E-state index contributed by atoms with van der Waals surface area (Å²) >= 11 is 0. The van der Waals surface area contributed by atoms with E-state index >= 15 is 0 Å². The average molecular weight is 383 g/mol. The molecule has 0 heterocycles. The van der Waals surface area contributed by atoms with Crippen LogP contribution < -0.4 is 10.1 Å². The molecule has 7 heteroatoms. The molecule has 0 aliphatic heterocycles. The van der Waals surface area contributed by atoms with Gasteiger partial charge in [0.1, 0.15) is 5.75 Å². The van der Waals surface area contributed by atoms with Crippen LogP contribution in [-0.2, 0) is 14.3 Å². The molecule has 1 amide bonds. The molecule has 1 atom stereocenters. The number of hydrogen-bond acceptors (Lipinski definition) is 6. The van der Waals surface area contributed by atoms with E-state index in [1.807, 2.05) is 0 Å². The average Bonchev–Trinajstić information content (AvgIpc) is 2.66. The number of Topliss-reactive ketones (excluding diaryl/α,β-unsaturated/α-hetero) is 2. The summed E-state index contributed by atoms with van der Waals surface area (Å²) in [5, 5.41) is 2.58. The third-order valence-electron chi connectivity index (χ3n) is 3.86. The summed E-state index contributed by atoms with van der Waals surface area (Å²) < 4.78 is 10.3. The molecule has 0 radical (unpaired) electrons. The van der Waals surface area contributed by atoms with Gasteiger partial charge in [0.05, 0.1) is 5.69 Å². The molecule has 0 fully saturated rings. The van der Waals surface area contributed by atoms with Gasteiger partial charge in [0.25, 0.3) is 5.91 Å². The maximum absolute atomic E-state index is 12.2. The Morgan fingerprint density at radius 3 is 2.18 bits per heavy atom. The fraction of sp³-hybridized carbons (Fsp3) is 0.238. The smallest absolute Gasteiger partial charge is 0.344 e. The lowest BCUT2D eigenvalue weighted by Gasteiger charge is -2.15. The van der Waals surface area contributed by atoms with Crippen molar-refractivity contribution in [3.8, 4) is 5.75 Å². The summed E-state index contributed by atoms with van der Waals surface area (Å²) in [6.45, 7) is 3.88. The molecule has 1 N–H and O–H groups in total. The molecule has 2 rings (SSSR count). The van der Waals surface area contributed by atoms with Gasteiger partial charge in [0.2, 0.25) is 0 Å². The fourth-order valence-corrected chi connectivity index (χ4v) is 2.35. The molecule has 0 aliphatic carbocycles. The lowest BCUT2D eigenvalue weighted by molar-refractivity contribution is -0.155. The van der Waals surface area contributed by atoms with Crippen LogP contribution in [0.2, 0.25) is 0 Å². The molecule has 146 valence electrons. The summed E-state index contributed by atoms with van der Waals surface area (Å²) in [4.78, 5) is 47.0. The van der Waals surface area contributed by atoms with Crippen LogP contribution >= 0.6 is 0 Å². The van der Waals surface area contributed by atoms with Gasteiger partial charge in [-0.1, -0.05) is 12.1 Å². The third kappa shape index (κ3) is 5.77. The predicted octanol–water partition coefficient (Wildman–Crippen LogP) is 3.04. The van der Waals surface area contributed by atoms with Crippen molar-refractivity contribution in [2.75, 3.05) is 11.9 Å². The van der Waals surface area contributed by atoms with E-state index in [0.29, 0.717) is 22.6 Å². The second-order valence-corrected chi connectivity index (χ2v) is 6.09. The Hall–Kier alpha value is -3.48. The standard InChI is InChI=1S/C21H21NO6/c1-13(23)16-8-10-17(11-9-16)27-12-20(25)28-15(3)21(26)22-19-7-5-4-6-18(19)14(2)24/h4-11,15H,12H2,1-3H3,(H,22,26)/t15-/m0/s1. The molecule has 28 heavy (non-hydrogen) atoms. The van der Waals surface area contributed by atoms with Gasteiger partial charge < -0.3 is 14.8 Å². The van der Waals surface area contributed by atoms with E-state index in [-0.39, 0.29) is 18.2 Å². The SMILES string of the molecule is CC(=O)c1ccc(OCC(=O)O[C@@H](C)C(=O)Nc2ccccc2C(C)=O)cc1. The number of rotatable bonds is 8. The van der Waals surface area contributed by atoms with E-state index in [2.05, 4.69) is 5.32 Å². The van der Waals surface area contributed by atoms with E-state index in [4.69, 9.17) is 9.47 Å². The Kier molecular flexibility index (Phi) is 7.03. The monoisotopic (exact) mass is 383 g/mol. The zero-order valence-electron chi connectivity index (χ0n) is 15.9. The molecule has 0 aliphatic rings. The van der Waals surface area contributed by atoms with Crippen LogP contribution in [0.25, 0.3) is 0 Å². The first-order chi connectivity index (χ1) is 13.3. The third-order valence-corrected chi connectivity index (χ3v) is 3.86. The highest BCUT2D eigenvalue weighted by Gasteiger charge is 2.20. The van der Waals surface area contributed by atoms with Gasteiger partial charge in [-0.25, -0.2) is 4.79 Å². The highest BCUT2D eigenvalue weighted by molar-refractivity contribution is 6.04. The van der Waals surface area contributed by atoms with Crippen LogP contribution in [0.4, 0.5) is 5.69 Å². The Morgan fingerprint density at radius 1 is 0.929 bits per heavy atom. The van der Waals surface area contributed by atoms with E-state index in [1.165, 1.54) is 20.8 Å². The van der Waals surface area contributed by atoms with Crippen molar-refractivity contribution < 1.29 is 28.7 Å².